The van der Waals surface area contributed by atoms with Crippen LogP contribution in [0, 0.1) is 0 Å². The smallest absolute Gasteiger partial charge is 0.341 e. The lowest BCUT2D eigenvalue weighted by Gasteiger charge is -2.27. The van der Waals surface area contributed by atoms with Crippen molar-refractivity contribution < 1.29 is 14.6 Å². The number of pyridine rings is 1. The number of carbonyl (C=O) groups is 1. The van der Waals surface area contributed by atoms with E-state index in [2.05, 4.69) is 19.1 Å². The van der Waals surface area contributed by atoms with Crippen molar-refractivity contribution in [3.05, 3.63) is 62.8 Å². The van der Waals surface area contributed by atoms with Gasteiger partial charge in [0.15, 0.2) is 5.43 Å². The summed E-state index contributed by atoms with van der Waals surface area (Å²) in [5.41, 5.74) is 4.43. The van der Waals surface area contributed by atoms with Gasteiger partial charge < -0.3 is 14.4 Å². The van der Waals surface area contributed by atoms with Crippen molar-refractivity contribution in [1.82, 2.24) is 4.57 Å². The third kappa shape index (κ3) is 2.77. The van der Waals surface area contributed by atoms with Crippen LogP contribution in [-0.4, -0.2) is 22.8 Å². The number of carboxylic acid groups (broad SMARTS) is 1. The molecule has 1 aromatic carbocycles. The van der Waals surface area contributed by atoms with Crippen molar-refractivity contribution in [2.45, 2.75) is 26.3 Å². The molecular formula is C21H19NO4S. The molecule has 138 valence electrons. The number of thiophene rings is 1. The van der Waals surface area contributed by atoms with Gasteiger partial charge >= 0.3 is 5.97 Å². The zero-order chi connectivity index (χ0) is 19.1. The van der Waals surface area contributed by atoms with Crippen molar-refractivity contribution in [3.8, 4) is 27.4 Å². The monoisotopic (exact) mass is 381 g/mol. The number of benzene rings is 1. The van der Waals surface area contributed by atoms with Gasteiger partial charge in [0.25, 0.3) is 0 Å². The lowest BCUT2D eigenvalue weighted by atomic mass is 9.88. The Morgan fingerprint density at radius 2 is 2.15 bits per heavy atom. The van der Waals surface area contributed by atoms with Crippen LogP contribution in [0.3, 0.4) is 0 Å². The van der Waals surface area contributed by atoms with E-state index < -0.39 is 11.4 Å². The van der Waals surface area contributed by atoms with Crippen molar-refractivity contribution in [2.24, 2.45) is 0 Å². The minimum atomic E-state index is -1.19. The van der Waals surface area contributed by atoms with Crippen molar-refractivity contribution in [1.29, 1.82) is 0 Å². The van der Waals surface area contributed by atoms with Crippen LogP contribution >= 0.6 is 11.3 Å². The summed E-state index contributed by atoms with van der Waals surface area (Å²) in [4.78, 5) is 24.7. The van der Waals surface area contributed by atoms with Crippen LogP contribution < -0.4 is 10.2 Å². The second kappa shape index (κ2) is 6.70. The van der Waals surface area contributed by atoms with Gasteiger partial charge in [0, 0.05) is 34.8 Å². The number of hydrogen-bond acceptors (Lipinski definition) is 4. The molecule has 1 aliphatic rings. The molecular weight excluding hydrogens is 362 g/mol. The zero-order valence-electron chi connectivity index (χ0n) is 15.1. The zero-order valence-corrected chi connectivity index (χ0v) is 15.9. The highest BCUT2D eigenvalue weighted by Crippen LogP contribution is 2.44. The molecule has 2 aromatic heterocycles. The van der Waals surface area contributed by atoms with Gasteiger partial charge in [-0.15, -0.1) is 11.3 Å². The quantitative estimate of drug-likeness (QED) is 0.740. The Morgan fingerprint density at radius 3 is 2.78 bits per heavy atom. The molecule has 4 rings (SSSR count). The average molecular weight is 381 g/mol. The first kappa shape index (κ1) is 17.5. The molecule has 0 saturated heterocycles. The molecule has 0 radical (unpaired) electrons. The van der Waals surface area contributed by atoms with Crippen LogP contribution in [0.2, 0.25) is 0 Å². The molecule has 5 nitrogen and oxygen atoms in total. The van der Waals surface area contributed by atoms with Gasteiger partial charge in [-0.1, -0.05) is 13.0 Å². The van der Waals surface area contributed by atoms with Crippen LogP contribution in [0.1, 0.15) is 28.4 Å². The standard InChI is InChI=1S/C21H19NO4S/c1-3-12-13-6-7-22-11-16(21(24)25)18(23)10-17(22)14(13)9-15(20(12)26-2)19-5-4-8-27-19/h4-5,8-11H,3,6-7H2,1-2H3,(H,24,25). The Morgan fingerprint density at radius 1 is 1.33 bits per heavy atom. The van der Waals surface area contributed by atoms with Gasteiger partial charge in [-0.2, -0.15) is 0 Å². The number of methoxy groups -OCH3 is 1. The van der Waals surface area contributed by atoms with Gasteiger partial charge in [0.2, 0.25) is 0 Å². The summed E-state index contributed by atoms with van der Waals surface area (Å²) in [6.07, 6.45) is 3.06. The maximum atomic E-state index is 12.3. The average Bonchev–Trinajstić information content (AvgIpc) is 3.20. The number of aryl methyl sites for hydroxylation is 1. The lowest BCUT2D eigenvalue weighted by Crippen LogP contribution is -2.22. The van der Waals surface area contributed by atoms with Crippen LogP contribution in [0.25, 0.3) is 21.7 Å². The fourth-order valence-electron chi connectivity index (χ4n) is 3.88. The van der Waals surface area contributed by atoms with E-state index in [1.54, 1.807) is 18.4 Å². The number of rotatable bonds is 4. The summed E-state index contributed by atoms with van der Waals surface area (Å²) in [5, 5.41) is 11.3. The summed E-state index contributed by atoms with van der Waals surface area (Å²) in [7, 11) is 1.69. The molecule has 0 bridgehead atoms. The van der Waals surface area contributed by atoms with E-state index in [-0.39, 0.29) is 5.56 Å². The minimum absolute atomic E-state index is 0.190. The number of aromatic nitrogens is 1. The Labute approximate surface area is 160 Å². The molecule has 0 saturated carbocycles. The highest BCUT2D eigenvalue weighted by Gasteiger charge is 2.25. The molecule has 0 fully saturated rings. The second-order valence-corrected chi connectivity index (χ2v) is 7.43. The normalized spacial score (nSPS) is 12.4. The topological polar surface area (TPSA) is 68.5 Å². The van der Waals surface area contributed by atoms with E-state index in [0.29, 0.717) is 6.54 Å². The number of ether oxygens (including phenoxy) is 1. The molecule has 0 unspecified atom stereocenters. The highest BCUT2D eigenvalue weighted by atomic mass is 32.1. The Bertz CT molecular complexity index is 1100. The molecule has 1 aliphatic heterocycles. The van der Waals surface area contributed by atoms with Gasteiger partial charge in [-0.25, -0.2) is 4.79 Å². The molecule has 0 amide bonds. The number of nitrogens with zero attached hydrogens (tertiary/aromatic N) is 1. The largest absolute Gasteiger partial charge is 0.496 e. The van der Waals surface area contributed by atoms with Gasteiger partial charge in [0.05, 0.1) is 12.8 Å². The van der Waals surface area contributed by atoms with Gasteiger partial charge in [0.1, 0.15) is 11.3 Å². The number of carboxylic acids is 1. The predicted molar refractivity (Wildman–Crippen MR) is 106 cm³/mol. The maximum absolute atomic E-state index is 12.3. The summed E-state index contributed by atoms with van der Waals surface area (Å²) in [6, 6.07) is 7.58. The van der Waals surface area contributed by atoms with E-state index in [0.717, 1.165) is 45.9 Å². The minimum Gasteiger partial charge on any atom is -0.496 e. The molecule has 0 aliphatic carbocycles. The van der Waals surface area contributed by atoms with E-state index >= 15 is 0 Å². The molecule has 3 aromatic rings. The van der Waals surface area contributed by atoms with Crippen LogP contribution in [0.15, 0.2) is 40.6 Å². The lowest BCUT2D eigenvalue weighted by molar-refractivity contribution is 0.0694. The summed E-state index contributed by atoms with van der Waals surface area (Å²) < 4.78 is 7.65. The fourth-order valence-corrected chi connectivity index (χ4v) is 4.62. The van der Waals surface area contributed by atoms with Crippen molar-refractivity contribution in [3.63, 3.8) is 0 Å². The van der Waals surface area contributed by atoms with Crippen molar-refractivity contribution >= 4 is 17.3 Å². The first-order chi connectivity index (χ1) is 13.0. The van der Waals surface area contributed by atoms with Crippen LogP contribution in [0.4, 0.5) is 0 Å². The molecule has 6 heteroatoms. The number of fused-ring (bicyclic) bond motifs is 3. The van der Waals surface area contributed by atoms with Crippen LogP contribution in [0.5, 0.6) is 5.75 Å². The molecule has 27 heavy (non-hydrogen) atoms. The number of aromatic carboxylic acids is 1. The molecule has 1 N–H and O–H groups in total. The molecule has 3 heterocycles. The third-order valence-corrected chi connectivity index (χ3v) is 5.98. The first-order valence-electron chi connectivity index (χ1n) is 8.80. The molecule has 0 atom stereocenters. The predicted octanol–water partition coefficient (Wildman–Crippen LogP) is 4.07. The van der Waals surface area contributed by atoms with E-state index in [1.807, 2.05) is 16.0 Å². The Kier molecular flexibility index (Phi) is 4.36. The van der Waals surface area contributed by atoms with Gasteiger partial charge in [-0.05, 0) is 41.5 Å². The summed E-state index contributed by atoms with van der Waals surface area (Å²) in [5.74, 6) is -0.305. The summed E-state index contributed by atoms with van der Waals surface area (Å²) in [6.45, 7) is 2.74. The Hall–Kier alpha value is -2.86. The fraction of sp³-hybridized carbons (Fsp3) is 0.238. The van der Waals surface area contributed by atoms with E-state index in [9.17, 15) is 14.7 Å². The Balaban J connectivity index is 2.03. The van der Waals surface area contributed by atoms with Crippen LogP contribution in [-0.2, 0) is 19.4 Å². The van der Waals surface area contributed by atoms with E-state index in [4.69, 9.17) is 4.74 Å². The maximum Gasteiger partial charge on any atom is 0.341 e. The number of hydrogen-bond donors (Lipinski definition) is 1. The molecule has 0 spiro atoms. The second-order valence-electron chi connectivity index (χ2n) is 6.48. The van der Waals surface area contributed by atoms with Gasteiger partial charge in [-0.3, -0.25) is 4.79 Å². The van der Waals surface area contributed by atoms with Crippen molar-refractivity contribution in [2.75, 3.05) is 7.11 Å². The third-order valence-electron chi connectivity index (χ3n) is 5.08. The SMILES string of the molecule is CCc1c2c(cc(-c3cccs3)c1OC)-c1cc(=O)c(C(=O)O)cn1CC2. The summed E-state index contributed by atoms with van der Waals surface area (Å²) >= 11 is 1.64. The highest BCUT2D eigenvalue weighted by molar-refractivity contribution is 7.13. The first-order valence-corrected chi connectivity index (χ1v) is 9.67. The van der Waals surface area contributed by atoms with E-state index in [1.165, 1.54) is 17.8 Å².